The van der Waals surface area contributed by atoms with Crippen molar-refractivity contribution in [1.29, 1.82) is 0 Å². The summed E-state index contributed by atoms with van der Waals surface area (Å²) in [6.07, 6.45) is 10.8. The normalized spacial score (nSPS) is 15.8. The van der Waals surface area contributed by atoms with Crippen LogP contribution in [0.5, 0.6) is 0 Å². The topological polar surface area (TPSA) is 76.5 Å². The second-order valence-electron chi connectivity index (χ2n) is 8.14. The molecule has 36 heavy (non-hydrogen) atoms. The van der Waals surface area contributed by atoms with Crippen molar-refractivity contribution in [2.75, 3.05) is 40.5 Å². The van der Waals surface area contributed by atoms with Crippen molar-refractivity contribution >= 4 is 35.3 Å². The third-order valence-electron chi connectivity index (χ3n) is 4.75. The van der Waals surface area contributed by atoms with Crippen molar-refractivity contribution < 1.29 is 14.2 Å². The summed E-state index contributed by atoms with van der Waals surface area (Å²) in [5.74, 6) is 2.21. The predicted molar refractivity (Wildman–Crippen MR) is 155 cm³/mol. The van der Waals surface area contributed by atoms with Gasteiger partial charge in [-0.1, -0.05) is 29.3 Å². The lowest BCUT2D eigenvalue weighted by Crippen LogP contribution is -2.23. The van der Waals surface area contributed by atoms with Gasteiger partial charge in [0.05, 0.1) is 35.3 Å². The maximum atomic E-state index is 6.26. The Morgan fingerprint density at radius 2 is 1.61 bits per heavy atom. The van der Waals surface area contributed by atoms with Crippen molar-refractivity contribution in [3.05, 3.63) is 57.3 Å². The van der Waals surface area contributed by atoms with Crippen LogP contribution in [0.1, 0.15) is 54.4 Å². The van der Waals surface area contributed by atoms with Crippen molar-refractivity contribution in [1.82, 2.24) is 10.6 Å². The molecule has 0 aromatic carbocycles. The van der Waals surface area contributed by atoms with Crippen molar-refractivity contribution in [2.24, 2.45) is 9.98 Å². The SMILES string of the molecule is C/C=C(Cl)\C(Cl)=C/C(C)NC(/N=C\N=C(C)/C=C(\C)OCCCNCCCOC)=C(C)\C=C(/C)OC. The molecule has 0 saturated carbocycles. The van der Waals surface area contributed by atoms with E-state index >= 15 is 0 Å². The molecule has 0 aliphatic carbocycles. The number of methoxy groups -OCH3 is 2. The minimum absolute atomic E-state index is 0.125. The molecule has 1 unspecified atom stereocenters. The average molecular weight is 544 g/mol. The number of allylic oxidation sites excluding steroid dienone is 8. The van der Waals surface area contributed by atoms with Crippen LogP contribution in [0.3, 0.4) is 0 Å². The summed E-state index contributed by atoms with van der Waals surface area (Å²) in [7, 11) is 3.34. The Morgan fingerprint density at radius 1 is 0.944 bits per heavy atom. The van der Waals surface area contributed by atoms with Gasteiger partial charge in [-0.2, -0.15) is 0 Å². The summed E-state index contributed by atoms with van der Waals surface area (Å²) < 4.78 is 16.1. The second-order valence-corrected chi connectivity index (χ2v) is 8.96. The fraction of sp³-hybridized carbons (Fsp3) is 0.556. The molecule has 0 rings (SSSR count). The van der Waals surface area contributed by atoms with Crippen molar-refractivity contribution in [3.63, 3.8) is 0 Å². The smallest absolute Gasteiger partial charge is 0.131 e. The molecule has 0 heterocycles. The maximum absolute atomic E-state index is 6.26. The third kappa shape index (κ3) is 17.4. The van der Waals surface area contributed by atoms with Crippen LogP contribution in [-0.4, -0.2) is 58.6 Å². The van der Waals surface area contributed by atoms with Crippen molar-refractivity contribution in [2.45, 2.75) is 60.4 Å². The molecule has 0 fully saturated rings. The Bertz CT molecular complexity index is 859. The highest BCUT2D eigenvalue weighted by atomic mass is 35.5. The first-order valence-electron chi connectivity index (χ1n) is 12.1. The Morgan fingerprint density at radius 3 is 2.22 bits per heavy atom. The van der Waals surface area contributed by atoms with E-state index in [0.717, 1.165) is 55.3 Å². The van der Waals surface area contributed by atoms with E-state index in [4.69, 9.17) is 37.4 Å². The van der Waals surface area contributed by atoms with Gasteiger partial charge in [-0.15, -0.1) is 0 Å². The number of nitrogens with one attached hydrogen (secondary N) is 2. The molecule has 0 aliphatic rings. The monoisotopic (exact) mass is 542 g/mol. The predicted octanol–water partition coefficient (Wildman–Crippen LogP) is 6.44. The molecule has 7 nitrogen and oxygen atoms in total. The van der Waals surface area contributed by atoms with E-state index in [9.17, 15) is 0 Å². The van der Waals surface area contributed by atoms with E-state index in [-0.39, 0.29) is 6.04 Å². The number of rotatable bonds is 18. The van der Waals surface area contributed by atoms with Crippen LogP contribution < -0.4 is 10.6 Å². The quantitative estimate of drug-likeness (QED) is 0.0685. The van der Waals surface area contributed by atoms with Crippen LogP contribution in [0, 0.1) is 0 Å². The fourth-order valence-electron chi connectivity index (χ4n) is 2.83. The minimum Gasteiger partial charge on any atom is -0.501 e. The summed E-state index contributed by atoms with van der Waals surface area (Å²) in [6.45, 7) is 14.7. The maximum Gasteiger partial charge on any atom is 0.131 e. The van der Waals surface area contributed by atoms with Crippen LogP contribution in [0.25, 0.3) is 0 Å². The Labute approximate surface area is 228 Å². The summed E-state index contributed by atoms with van der Waals surface area (Å²) in [6, 6.07) is -0.125. The number of nitrogens with zero attached hydrogens (tertiary/aromatic N) is 2. The third-order valence-corrected chi connectivity index (χ3v) is 5.60. The molecule has 0 spiro atoms. The van der Waals surface area contributed by atoms with Gasteiger partial charge < -0.3 is 24.8 Å². The van der Waals surface area contributed by atoms with E-state index < -0.39 is 0 Å². The van der Waals surface area contributed by atoms with Gasteiger partial charge in [-0.25, -0.2) is 9.98 Å². The minimum atomic E-state index is -0.125. The highest BCUT2D eigenvalue weighted by Crippen LogP contribution is 2.19. The molecule has 0 bridgehead atoms. The van der Waals surface area contributed by atoms with E-state index in [1.165, 1.54) is 6.34 Å². The molecule has 0 aromatic heterocycles. The number of aliphatic imine (C=N–C) groups is 2. The van der Waals surface area contributed by atoms with Gasteiger partial charge >= 0.3 is 0 Å². The fourth-order valence-corrected chi connectivity index (χ4v) is 3.19. The van der Waals surface area contributed by atoms with E-state index in [1.807, 2.05) is 59.8 Å². The summed E-state index contributed by atoms with van der Waals surface area (Å²) >= 11 is 12.4. The van der Waals surface area contributed by atoms with E-state index in [0.29, 0.717) is 22.5 Å². The molecule has 2 N–H and O–H groups in total. The first kappa shape index (κ1) is 33.9. The highest BCUT2D eigenvalue weighted by Gasteiger charge is 2.06. The van der Waals surface area contributed by atoms with Crippen LogP contribution in [0.4, 0.5) is 0 Å². The molecule has 0 radical (unpaired) electrons. The van der Waals surface area contributed by atoms with Crippen LogP contribution in [-0.2, 0) is 14.2 Å². The molecular weight excluding hydrogens is 499 g/mol. The molecule has 204 valence electrons. The zero-order valence-electron chi connectivity index (χ0n) is 23.1. The van der Waals surface area contributed by atoms with E-state index in [2.05, 4.69) is 20.6 Å². The van der Waals surface area contributed by atoms with Gasteiger partial charge in [0.1, 0.15) is 12.2 Å². The molecular formula is C27H44Cl2N4O3. The second kappa shape index (κ2) is 21.1. The first-order chi connectivity index (χ1) is 17.1. The molecule has 0 amide bonds. The van der Waals surface area contributed by atoms with Gasteiger partial charge in [0, 0.05) is 25.5 Å². The van der Waals surface area contributed by atoms with Crippen LogP contribution in [0.2, 0.25) is 0 Å². The molecule has 0 saturated heterocycles. The highest BCUT2D eigenvalue weighted by molar-refractivity contribution is 6.43. The van der Waals surface area contributed by atoms with Crippen LogP contribution in [0.15, 0.2) is 67.3 Å². The largest absolute Gasteiger partial charge is 0.501 e. The number of ether oxygens (including phenoxy) is 3. The lowest BCUT2D eigenvalue weighted by molar-refractivity contribution is 0.192. The summed E-state index contributed by atoms with van der Waals surface area (Å²) in [4.78, 5) is 8.96. The zero-order chi connectivity index (χ0) is 27.3. The Hall–Kier alpha value is -2.06. The number of hydrogen-bond acceptors (Lipinski definition) is 6. The Kier molecular flexibility index (Phi) is 19.9. The van der Waals surface area contributed by atoms with Gasteiger partial charge in [-0.05, 0) is 91.3 Å². The standard InChI is InChI=1S/C27H44Cl2N4O3/c1-9-25(28)26(29)18-22(4)33-27(20(2)16-23(5)35-8)32-19-31-21(3)17-24(6)36-15-11-13-30-12-10-14-34-7/h9,16-19,22,30,33H,10-15H2,1-8H3/b23-16+,24-17+,25-9+,26-18+,27-20-,31-21-,32-19-. The Balaban J connectivity index is 5.17. The molecule has 9 heteroatoms. The molecule has 0 aromatic rings. The van der Waals surface area contributed by atoms with Gasteiger partial charge in [0.2, 0.25) is 0 Å². The van der Waals surface area contributed by atoms with Gasteiger partial charge in [0.25, 0.3) is 0 Å². The summed E-state index contributed by atoms with van der Waals surface area (Å²) in [5.41, 5.74) is 1.67. The lowest BCUT2D eigenvalue weighted by atomic mass is 10.2. The van der Waals surface area contributed by atoms with Crippen molar-refractivity contribution in [3.8, 4) is 0 Å². The van der Waals surface area contributed by atoms with Gasteiger partial charge in [-0.3, -0.25) is 0 Å². The zero-order valence-corrected chi connectivity index (χ0v) is 24.6. The van der Waals surface area contributed by atoms with E-state index in [1.54, 1.807) is 20.3 Å². The van der Waals surface area contributed by atoms with Crippen LogP contribution >= 0.6 is 23.2 Å². The number of halogens is 2. The molecule has 1 atom stereocenters. The first-order valence-corrected chi connectivity index (χ1v) is 12.9. The average Bonchev–Trinajstić information content (AvgIpc) is 2.84. The van der Waals surface area contributed by atoms with Gasteiger partial charge in [0.15, 0.2) is 0 Å². The number of hydrogen-bond donors (Lipinski definition) is 2. The summed E-state index contributed by atoms with van der Waals surface area (Å²) in [5, 5.41) is 7.67. The lowest BCUT2D eigenvalue weighted by Gasteiger charge is -2.14. The molecule has 0 aliphatic heterocycles.